The Hall–Kier alpha value is -1.68. The van der Waals surface area contributed by atoms with Crippen LogP contribution in [0.25, 0.3) is 0 Å². The minimum Gasteiger partial charge on any atom is -0.496 e. The molecule has 4 nitrogen and oxygen atoms in total. The Morgan fingerprint density at radius 3 is 2.11 bits per heavy atom. The largest absolute Gasteiger partial charge is 0.496 e. The Morgan fingerprint density at radius 1 is 0.926 bits per heavy atom. The zero-order valence-corrected chi connectivity index (χ0v) is 17.9. The van der Waals surface area contributed by atoms with Gasteiger partial charge in [-0.05, 0) is 42.6 Å². The second-order valence-electron chi connectivity index (χ2n) is 8.74. The summed E-state index contributed by atoms with van der Waals surface area (Å²) in [6.07, 6.45) is 4.03. The molecule has 2 aliphatic rings. The Bertz CT molecular complexity index is 758. The Balaban J connectivity index is 2.27. The molecule has 2 aliphatic carbocycles. The van der Waals surface area contributed by atoms with E-state index in [1.54, 1.807) is 21.3 Å². The van der Waals surface area contributed by atoms with Gasteiger partial charge in [-0.3, -0.25) is 0 Å². The highest BCUT2D eigenvalue weighted by atomic mass is 16.5. The Kier molecular flexibility index (Phi) is 5.49. The molecule has 3 rings (SSSR count). The number of benzene rings is 1. The van der Waals surface area contributed by atoms with Crippen molar-refractivity contribution < 1.29 is 19.3 Å². The summed E-state index contributed by atoms with van der Waals surface area (Å²) in [6.45, 7) is 8.91. The quantitative estimate of drug-likeness (QED) is 0.769. The lowest BCUT2D eigenvalue weighted by molar-refractivity contribution is 0.156. The Morgan fingerprint density at radius 2 is 1.56 bits per heavy atom. The molecule has 0 aliphatic heterocycles. The molecule has 1 N–H and O–H groups in total. The van der Waals surface area contributed by atoms with Crippen molar-refractivity contribution in [2.24, 2.45) is 5.41 Å². The first-order valence-electron chi connectivity index (χ1n) is 10.0. The van der Waals surface area contributed by atoms with Crippen LogP contribution in [-0.2, 0) is 12.8 Å². The molecule has 0 heterocycles. The van der Waals surface area contributed by atoms with E-state index in [4.69, 9.17) is 14.2 Å². The maximum atomic E-state index is 10.8. The van der Waals surface area contributed by atoms with Gasteiger partial charge in [0.1, 0.15) is 5.75 Å². The van der Waals surface area contributed by atoms with Crippen LogP contribution in [0.1, 0.15) is 69.6 Å². The van der Waals surface area contributed by atoms with E-state index in [9.17, 15) is 5.11 Å². The fraction of sp³-hybridized carbons (Fsp3) is 0.652. The van der Waals surface area contributed by atoms with Gasteiger partial charge in [0.2, 0.25) is 0 Å². The van der Waals surface area contributed by atoms with Gasteiger partial charge in [0.15, 0.2) is 11.5 Å². The highest BCUT2D eigenvalue weighted by Crippen LogP contribution is 2.52. The van der Waals surface area contributed by atoms with Crippen molar-refractivity contribution in [3.8, 4) is 17.2 Å². The van der Waals surface area contributed by atoms with Crippen LogP contribution in [0.5, 0.6) is 17.2 Å². The predicted molar refractivity (Wildman–Crippen MR) is 108 cm³/mol. The van der Waals surface area contributed by atoms with E-state index in [1.807, 2.05) is 0 Å². The lowest BCUT2D eigenvalue weighted by atomic mass is 9.70. The summed E-state index contributed by atoms with van der Waals surface area (Å²) >= 11 is 0. The summed E-state index contributed by atoms with van der Waals surface area (Å²) in [6, 6.07) is 0. The molecule has 27 heavy (non-hydrogen) atoms. The first-order valence-corrected chi connectivity index (χ1v) is 10.0. The first kappa shape index (κ1) is 20.1. The van der Waals surface area contributed by atoms with Crippen LogP contribution in [0.3, 0.4) is 0 Å². The molecule has 0 saturated carbocycles. The van der Waals surface area contributed by atoms with Gasteiger partial charge in [-0.1, -0.05) is 33.3 Å². The van der Waals surface area contributed by atoms with Crippen LogP contribution in [0.2, 0.25) is 0 Å². The van der Waals surface area contributed by atoms with Gasteiger partial charge in [-0.2, -0.15) is 0 Å². The summed E-state index contributed by atoms with van der Waals surface area (Å²) in [7, 11) is 5.14. The molecule has 0 radical (unpaired) electrons. The number of aliphatic hydroxyl groups excluding tert-OH is 1. The number of rotatable bonds is 4. The van der Waals surface area contributed by atoms with Gasteiger partial charge in [-0.25, -0.2) is 0 Å². The summed E-state index contributed by atoms with van der Waals surface area (Å²) in [5.41, 5.74) is 6.09. The highest BCUT2D eigenvalue weighted by Gasteiger charge is 2.38. The summed E-state index contributed by atoms with van der Waals surface area (Å²) < 4.78 is 17.6. The third-order valence-electron chi connectivity index (χ3n) is 6.44. The predicted octanol–water partition coefficient (Wildman–Crippen LogP) is 4.80. The lowest BCUT2D eigenvalue weighted by Gasteiger charge is -2.37. The monoisotopic (exact) mass is 374 g/mol. The van der Waals surface area contributed by atoms with Crippen molar-refractivity contribution in [2.45, 2.75) is 71.8 Å². The molecule has 1 aromatic carbocycles. The number of hydrogen-bond acceptors (Lipinski definition) is 4. The lowest BCUT2D eigenvalue weighted by Crippen LogP contribution is -2.29. The number of methoxy groups -OCH3 is 3. The van der Waals surface area contributed by atoms with E-state index in [2.05, 4.69) is 27.7 Å². The second-order valence-corrected chi connectivity index (χ2v) is 8.74. The summed E-state index contributed by atoms with van der Waals surface area (Å²) in [4.78, 5) is 0. The van der Waals surface area contributed by atoms with Crippen molar-refractivity contribution in [1.29, 1.82) is 0 Å². The van der Waals surface area contributed by atoms with Gasteiger partial charge in [-0.15, -0.1) is 0 Å². The fourth-order valence-corrected chi connectivity index (χ4v) is 5.05. The van der Waals surface area contributed by atoms with Crippen LogP contribution >= 0.6 is 0 Å². The van der Waals surface area contributed by atoms with Gasteiger partial charge in [0.05, 0.1) is 27.4 Å². The second kappa shape index (κ2) is 7.38. The van der Waals surface area contributed by atoms with Crippen molar-refractivity contribution >= 4 is 0 Å². The molecule has 1 aromatic rings. The molecule has 0 spiro atoms. The molecule has 0 aromatic heterocycles. The normalized spacial score (nSPS) is 21.4. The van der Waals surface area contributed by atoms with Crippen LogP contribution in [0.4, 0.5) is 0 Å². The standard InChI is InChI=1S/C23H34O4/c1-13(2)19-20(25-5)14-8-9-17-16(18(24)10-11-23(17,3)4)12-15(14)21(26-6)22(19)27-7/h13,18,24H,8-12H2,1-7H3/t18-/m1/s1. The van der Waals surface area contributed by atoms with Gasteiger partial charge in [0.25, 0.3) is 0 Å². The van der Waals surface area contributed by atoms with E-state index >= 15 is 0 Å². The molecular weight excluding hydrogens is 340 g/mol. The van der Waals surface area contributed by atoms with Crippen molar-refractivity contribution in [3.05, 3.63) is 27.8 Å². The average molecular weight is 375 g/mol. The molecule has 4 heteroatoms. The van der Waals surface area contributed by atoms with Crippen molar-refractivity contribution in [2.75, 3.05) is 21.3 Å². The minimum absolute atomic E-state index is 0.127. The Labute approximate surface area is 163 Å². The zero-order chi connectivity index (χ0) is 19.9. The number of ether oxygens (including phenoxy) is 3. The van der Waals surface area contributed by atoms with Crippen LogP contribution in [0.15, 0.2) is 11.1 Å². The molecule has 1 atom stereocenters. The molecule has 0 saturated heterocycles. The number of aliphatic hydroxyl groups is 1. The summed E-state index contributed by atoms with van der Waals surface area (Å²) in [5, 5.41) is 10.8. The molecule has 0 unspecified atom stereocenters. The van der Waals surface area contributed by atoms with Crippen molar-refractivity contribution in [1.82, 2.24) is 0 Å². The smallest absolute Gasteiger partial charge is 0.168 e. The summed E-state index contributed by atoms with van der Waals surface area (Å²) in [5.74, 6) is 2.73. The molecule has 150 valence electrons. The number of fused-ring (bicyclic) bond motifs is 1. The van der Waals surface area contributed by atoms with Crippen LogP contribution in [-0.4, -0.2) is 32.5 Å². The highest BCUT2D eigenvalue weighted by molar-refractivity contribution is 5.66. The molecular formula is C23H34O4. The van der Waals surface area contributed by atoms with E-state index in [0.717, 1.165) is 54.1 Å². The molecule has 0 amide bonds. The maximum absolute atomic E-state index is 10.8. The third-order valence-corrected chi connectivity index (χ3v) is 6.44. The fourth-order valence-electron chi connectivity index (χ4n) is 5.05. The van der Waals surface area contributed by atoms with E-state index in [0.29, 0.717) is 6.42 Å². The first-order chi connectivity index (χ1) is 12.8. The number of allylic oxidation sites excluding steroid dienone is 1. The van der Waals surface area contributed by atoms with Gasteiger partial charge < -0.3 is 19.3 Å². The van der Waals surface area contributed by atoms with Crippen molar-refractivity contribution in [3.63, 3.8) is 0 Å². The molecule has 0 fully saturated rings. The SMILES string of the molecule is COc1c2c(c(OC)c(C(C)C)c1OC)CCC1=C(C2)[C@H](O)CCC1(C)C. The minimum atomic E-state index is -0.370. The molecule has 0 bridgehead atoms. The maximum Gasteiger partial charge on any atom is 0.168 e. The number of hydrogen-bond donors (Lipinski definition) is 1. The van der Waals surface area contributed by atoms with Gasteiger partial charge in [0, 0.05) is 23.1 Å². The van der Waals surface area contributed by atoms with E-state index in [-0.39, 0.29) is 17.4 Å². The van der Waals surface area contributed by atoms with E-state index < -0.39 is 0 Å². The van der Waals surface area contributed by atoms with Crippen LogP contribution < -0.4 is 14.2 Å². The van der Waals surface area contributed by atoms with E-state index in [1.165, 1.54) is 16.7 Å². The van der Waals surface area contributed by atoms with Gasteiger partial charge >= 0.3 is 0 Å². The topological polar surface area (TPSA) is 47.9 Å². The van der Waals surface area contributed by atoms with Crippen LogP contribution in [0, 0.1) is 5.41 Å². The average Bonchev–Trinajstić information content (AvgIpc) is 2.83. The third kappa shape index (κ3) is 3.22. The zero-order valence-electron chi connectivity index (χ0n) is 17.9.